The van der Waals surface area contributed by atoms with Crippen molar-refractivity contribution in [2.24, 2.45) is 0 Å². The van der Waals surface area contributed by atoms with E-state index < -0.39 is 6.17 Å². The summed E-state index contributed by atoms with van der Waals surface area (Å²) in [5.74, 6) is 0.565. The molecule has 0 spiro atoms. The molecule has 0 unspecified atom stereocenters. The second-order valence-electron chi connectivity index (χ2n) is 6.49. The molecule has 4 rings (SSSR count). The number of rotatable bonds is 5. The van der Waals surface area contributed by atoms with Crippen molar-refractivity contribution >= 4 is 23.1 Å². The van der Waals surface area contributed by atoms with Crippen LogP contribution in [0, 0.1) is 0 Å². The Labute approximate surface area is 162 Å². The SMILES string of the molecule is COc1ccc(N2C(=O)c3cccnc3[C@H]2Nc2cccc(C(C)=O)c2)cc1. The van der Waals surface area contributed by atoms with Crippen LogP contribution in [0.25, 0.3) is 0 Å². The summed E-state index contributed by atoms with van der Waals surface area (Å²) in [5.41, 5.74) is 3.27. The summed E-state index contributed by atoms with van der Waals surface area (Å²) in [6, 6.07) is 18.0. The molecule has 1 aromatic heterocycles. The molecular weight excluding hydrogens is 354 g/mol. The summed E-state index contributed by atoms with van der Waals surface area (Å²) in [5, 5.41) is 3.36. The Balaban J connectivity index is 1.75. The van der Waals surface area contributed by atoms with E-state index in [-0.39, 0.29) is 11.7 Å². The van der Waals surface area contributed by atoms with Crippen LogP contribution in [0.5, 0.6) is 5.75 Å². The molecule has 1 amide bonds. The van der Waals surface area contributed by atoms with Crippen LogP contribution >= 0.6 is 0 Å². The molecule has 2 aromatic carbocycles. The van der Waals surface area contributed by atoms with E-state index >= 15 is 0 Å². The fourth-order valence-electron chi connectivity index (χ4n) is 3.31. The van der Waals surface area contributed by atoms with Crippen molar-refractivity contribution in [3.8, 4) is 5.75 Å². The van der Waals surface area contributed by atoms with Crippen molar-refractivity contribution in [3.63, 3.8) is 0 Å². The zero-order valence-electron chi connectivity index (χ0n) is 15.5. The number of fused-ring (bicyclic) bond motifs is 1. The van der Waals surface area contributed by atoms with Gasteiger partial charge in [0.25, 0.3) is 5.91 Å². The van der Waals surface area contributed by atoms with Gasteiger partial charge in [-0.15, -0.1) is 0 Å². The molecule has 140 valence electrons. The summed E-state index contributed by atoms with van der Waals surface area (Å²) in [6.45, 7) is 1.53. The molecule has 0 bridgehead atoms. The maximum Gasteiger partial charge on any atom is 0.262 e. The maximum atomic E-state index is 13.1. The van der Waals surface area contributed by atoms with E-state index in [0.29, 0.717) is 22.6 Å². The fraction of sp³-hybridized carbons (Fsp3) is 0.136. The van der Waals surface area contributed by atoms with E-state index in [1.54, 1.807) is 42.5 Å². The van der Waals surface area contributed by atoms with Gasteiger partial charge in [-0.05, 0) is 55.5 Å². The molecule has 1 aliphatic rings. The lowest BCUT2D eigenvalue weighted by molar-refractivity contribution is 0.0989. The third-order valence-corrected chi connectivity index (χ3v) is 4.73. The number of benzene rings is 2. The number of anilines is 2. The number of hydrogen-bond donors (Lipinski definition) is 1. The molecular formula is C22H19N3O3. The topological polar surface area (TPSA) is 71.5 Å². The average Bonchev–Trinajstić information content (AvgIpc) is 3.00. The smallest absolute Gasteiger partial charge is 0.262 e. The van der Waals surface area contributed by atoms with Gasteiger partial charge in [0.15, 0.2) is 11.9 Å². The second-order valence-corrected chi connectivity index (χ2v) is 6.49. The van der Waals surface area contributed by atoms with Crippen molar-refractivity contribution in [2.75, 3.05) is 17.3 Å². The number of ether oxygens (including phenoxy) is 1. The van der Waals surface area contributed by atoms with Crippen molar-refractivity contribution in [1.29, 1.82) is 0 Å². The van der Waals surface area contributed by atoms with Crippen molar-refractivity contribution in [1.82, 2.24) is 4.98 Å². The molecule has 1 aliphatic heterocycles. The third kappa shape index (κ3) is 3.09. The van der Waals surface area contributed by atoms with Crippen LogP contribution in [0.15, 0.2) is 66.9 Å². The van der Waals surface area contributed by atoms with Crippen LogP contribution in [0.3, 0.4) is 0 Å². The maximum absolute atomic E-state index is 13.1. The van der Waals surface area contributed by atoms with Crippen LogP contribution in [0.2, 0.25) is 0 Å². The molecule has 28 heavy (non-hydrogen) atoms. The summed E-state index contributed by atoms with van der Waals surface area (Å²) in [7, 11) is 1.60. The Bertz CT molecular complexity index is 1050. The van der Waals surface area contributed by atoms with Crippen LogP contribution in [-0.2, 0) is 0 Å². The fourth-order valence-corrected chi connectivity index (χ4v) is 3.31. The Morgan fingerprint density at radius 1 is 1.11 bits per heavy atom. The van der Waals surface area contributed by atoms with Gasteiger partial charge < -0.3 is 10.1 Å². The van der Waals surface area contributed by atoms with Gasteiger partial charge in [-0.1, -0.05) is 12.1 Å². The third-order valence-electron chi connectivity index (χ3n) is 4.73. The number of pyridine rings is 1. The van der Waals surface area contributed by atoms with Crippen LogP contribution < -0.4 is 15.0 Å². The van der Waals surface area contributed by atoms with Gasteiger partial charge >= 0.3 is 0 Å². The van der Waals surface area contributed by atoms with Gasteiger partial charge in [0.05, 0.1) is 18.4 Å². The summed E-state index contributed by atoms with van der Waals surface area (Å²) in [4.78, 5) is 30.9. The number of carbonyl (C=O) groups is 2. The first-order chi connectivity index (χ1) is 13.6. The van der Waals surface area contributed by atoms with E-state index in [4.69, 9.17) is 4.74 Å². The number of carbonyl (C=O) groups excluding carboxylic acids is 2. The highest BCUT2D eigenvalue weighted by Crippen LogP contribution is 2.37. The van der Waals surface area contributed by atoms with Gasteiger partial charge in [0.2, 0.25) is 0 Å². The largest absolute Gasteiger partial charge is 0.497 e. The van der Waals surface area contributed by atoms with Gasteiger partial charge in [0.1, 0.15) is 5.75 Å². The minimum absolute atomic E-state index is 0.0170. The molecule has 3 aromatic rings. The normalized spacial score (nSPS) is 15.3. The van der Waals surface area contributed by atoms with E-state index in [2.05, 4.69) is 10.3 Å². The predicted molar refractivity (Wildman–Crippen MR) is 107 cm³/mol. The lowest BCUT2D eigenvalue weighted by Gasteiger charge is -2.26. The second kappa shape index (κ2) is 7.15. The van der Waals surface area contributed by atoms with Crippen molar-refractivity contribution in [3.05, 3.63) is 83.7 Å². The molecule has 6 nitrogen and oxygen atoms in total. The van der Waals surface area contributed by atoms with Crippen molar-refractivity contribution < 1.29 is 14.3 Å². The number of hydrogen-bond acceptors (Lipinski definition) is 5. The Hall–Kier alpha value is -3.67. The van der Waals surface area contributed by atoms with Crippen molar-refractivity contribution in [2.45, 2.75) is 13.1 Å². The minimum atomic E-state index is -0.487. The quantitative estimate of drug-likeness (QED) is 0.683. The van der Waals surface area contributed by atoms with E-state index in [1.807, 2.05) is 36.4 Å². The number of nitrogens with zero attached hydrogens (tertiary/aromatic N) is 2. The van der Waals surface area contributed by atoms with Crippen LogP contribution in [0.1, 0.15) is 39.5 Å². The first-order valence-corrected chi connectivity index (χ1v) is 8.88. The number of ketones is 1. The number of aromatic nitrogens is 1. The molecule has 1 N–H and O–H groups in total. The molecule has 1 atom stereocenters. The highest BCUT2D eigenvalue weighted by molar-refractivity contribution is 6.11. The minimum Gasteiger partial charge on any atom is -0.497 e. The van der Waals surface area contributed by atoms with E-state index in [9.17, 15) is 9.59 Å². The lowest BCUT2D eigenvalue weighted by Crippen LogP contribution is -2.32. The van der Waals surface area contributed by atoms with Gasteiger partial charge in [0, 0.05) is 23.1 Å². The lowest BCUT2D eigenvalue weighted by atomic mass is 10.1. The van der Waals surface area contributed by atoms with E-state index in [0.717, 1.165) is 11.4 Å². The molecule has 0 saturated carbocycles. The zero-order chi connectivity index (χ0) is 19.7. The molecule has 0 saturated heterocycles. The Morgan fingerprint density at radius 3 is 2.61 bits per heavy atom. The van der Waals surface area contributed by atoms with Gasteiger partial charge in [-0.3, -0.25) is 19.5 Å². The standard InChI is InChI=1S/C22H19N3O3/c1-14(26)15-5-3-6-16(13-15)24-21-20-19(7-4-12-23-20)22(27)25(21)17-8-10-18(28-2)11-9-17/h3-13,21,24H,1-2H3/t21-/m0/s1. The monoisotopic (exact) mass is 373 g/mol. The Morgan fingerprint density at radius 2 is 1.89 bits per heavy atom. The number of nitrogens with one attached hydrogen (secondary N) is 1. The zero-order valence-corrected chi connectivity index (χ0v) is 15.5. The number of methoxy groups -OCH3 is 1. The highest BCUT2D eigenvalue weighted by Gasteiger charge is 2.39. The first-order valence-electron chi connectivity index (χ1n) is 8.88. The van der Waals surface area contributed by atoms with E-state index in [1.165, 1.54) is 6.92 Å². The molecule has 2 heterocycles. The van der Waals surface area contributed by atoms with Gasteiger partial charge in [-0.25, -0.2) is 0 Å². The molecule has 0 fully saturated rings. The Kier molecular flexibility index (Phi) is 4.53. The summed E-state index contributed by atoms with van der Waals surface area (Å²) < 4.78 is 5.22. The summed E-state index contributed by atoms with van der Waals surface area (Å²) >= 11 is 0. The number of Topliss-reactive ketones (excluding diaryl/α,β-unsaturated/α-hetero) is 1. The van der Waals surface area contributed by atoms with Gasteiger partial charge in [-0.2, -0.15) is 0 Å². The number of amides is 1. The molecule has 0 aliphatic carbocycles. The highest BCUT2D eigenvalue weighted by atomic mass is 16.5. The predicted octanol–water partition coefficient (Wildman–Crippen LogP) is 4.06. The van der Waals surface area contributed by atoms with Crippen LogP contribution in [0.4, 0.5) is 11.4 Å². The van der Waals surface area contributed by atoms with Crippen LogP contribution in [-0.4, -0.2) is 23.8 Å². The molecule has 6 heteroatoms. The summed E-state index contributed by atoms with van der Waals surface area (Å²) in [6.07, 6.45) is 1.18. The first kappa shape index (κ1) is 17.7. The average molecular weight is 373 g/mol. The molecule has 0 radical (unpaired) electrons.